The van der Waals surface area contributed by atoms with Gasteiger partial charge >= 0.3 is 5.97 Å². The zero-order valence-electron chi connectivity index (χ0n) is 8.62. The van der Waals surface area contributed by atoms with Gasteiger partial charge in [0.25, 0.3) is 0 Å². The highest BCUT2D eigenvalue weighted by Crippen LogP contribution is 2.28. The van der Waals surface area contributed by atoms with Crippen LogP contribution >= 0.6 is 0 Å². The second kappa shape index (κ2) is 4.29. The molecule has 0 spiro atoms. The number of phenolic OH excluding ortho intramolecular Hbond substituents is 1. The van der Waals surface area contributed by atoms with Crippen LogP contribution in [0.5, 0.6) is 5.75 Å². The molecule has 0 aliphatic heterocycles. The van der Waals surface area contributed by atoms with E-state index in [0.29, 0.717) is 17.5 Å². The van der Waals surface area contributed by atoms with Crippen LogP contribution in [0.3, 0.4) is 0 Å². The number of aryl methyl sites for hydroxylation is 1. The maximum Gasteiger partial charge on any atom is 0.310 e. The molecule has 0 fully saturated rings. The molecule has 4 heteroatoms. The number of hydrogen-bond donors (Lipinski definition) is 2. The van der Waals surface area contributed by atoms with Crippen molar-refractivity contribution in [2.75, 3.05) is 0 Å². The Morgan fingerprint density at radius 2 is 2.13 bits per heavy atom. The molecule has 0 radical (unpaired) electrons. The number of benzene rings is 1. The summed E-state index contributed by atoms with van der Waals surface area (Å²) >= 11 is 0. The molecule has 1 aromatic carbocycles. The van der Waals surface area contributed by atoms with Crippen LogP contribution in [0.15, 0.2) is 12.1 Å². The Bertz CT molecular complexity index is 388. The van der Waals surface area contributed by atoms with E-state index in [4.69, 9.17) is 10.2 Å². The predicted octanol–water partition coefficient (Wildman–Crippen LogP) is 2.42. The first-order chi connectivity index (χ1) is 6.97. The topological polar surface area (TPSA) is 57.5 Å². The number of phenols is 1. The molecule has 1 atom stereocenters. The summed E-state index contributed by atoms with van der Waals surface area (Å²) in [6.45, 7) is 3.38. The molecular formula is C11H13FO3. The maximum absolute atomic E-state index is 13.1. The molecule has 0 aliphatic carbocycles. The summed E-state index contributed by atoms with van der Waals surface area (Å²) in [4.78, 5) is 10.9. The second-order valence-electron chi connectivity index (χ2n) is 3.46. The van der Waals surface area contributed by atoms with Gasteiger partial charge in [-0.15, -0.1) is 0 Å². The maximum atomic E-state index is 13.1. The molecule has 0 bridgehead atoms. The average molecular weight is 212 g/mol. The van der Waals surface area contributed by atoms with Crippen molar-refractivity contribution in [1.82, 2.24) is 0 Å². The van der Waals surface area contributed by atoms with Gasteiger partial charge in [-0.05, 0) is 36.6 Å². The van der Waals surface area contributed by atoms with E-state index in [1.807, 2.05) is 0 Å². The first-order valence-corrected chi connectivity index (χ1v) is 4.69. The molecule has 0 saturated carbocycles. The summed E-state index contributed by atoms with van der Waals surface area (Å²) in [6.07, 6.45) is 0.389. The molecule has 0 aromatic heterocycles. The Kier molecular flexibility index (Phi) is 3.29. The molecule has 0 saturated heterocycles. The zero-order chi connectivity index (χ0) is 11.6. The summed E-state index contributed by atoms with van der Waals surface area (Å²) in [5, 5.41) is 18.0. The van der Waals surface area contributed by atoms with E-state index < -0.39 is 23.5 Å². The fourth-order valence-corrected chi connectivity index (χ4v) is 1.58. The Morgan fingerprint density at radius 3 is 2.60 bits per heavy atom. The Labute approximate surface area is 87.2 Å². The smallest absolute Gasteiger partial charge is 0.310 e. The highest BCUT2D eigenvalue weighted by Gasteiger charge is 2.21. The molecule has 3 nitrogen and oxygen atoms in total. The normalized spacial score (nSPS) is 12.5. The summed E-state index contributed by atoms with van der Waals surface area (Å²) in [5.41, 5.74) is 1.00. The van der Waals surface area contributed by atoms with E-state index >= 15 is 0 Å². The molecule has 2 N–H and O–H groups in total. The Hall–Kier alpha value is -1.58. The largest absolute Gasteiger partial charge is 0.505 e. The van der Waals surface area contributed by atoms with Crippen LogP contribution < -0.4 is 0 Å². The Balaban J connectivity index is 3.24. The van der Waals surface area contributed by atoms with Crippen LogP contribution in [-0.2, 0) is 4.79 Å². The molecule has 0 aliphatic rings. The molecule has 1 unspecified atom stereocenters. The number of carboxylic acid groups (broad SMARTS) is 1. The molecule has 82 valence electrons. The van der Waals surface area contributed by atoms with Gasteiger partial charge in [-0.2, -0.15) is 0 Å². The minimum Gasteiger partial charge on any atom is -0.505 e. The molecule has 15 heavy (non-hydrogen) atoms. The van der Waals surface area contributed by atoms with Gasteiger partial charge < -0.3 is 10.2 Å². The number of carbonyl (C=O) groups is 1. The zero-order valence-corrected chi connectivity index (χ0v) is 8.62. The van der Waals surface area contributed by atoms with Crippen molar-refractivity contribution in [3.63, 3.8) is 0 Å². The number of aromatic hydroxyl groups is 1. The fourth-order valence-electron chi connectivity index (χ4n) is 1.58. The molecule has 0 heterocycles. The molecule has 1 rings (SSSR count). The van der Waals surface area contributed by atoms with Gasteiger partial charge in [0.15, 0.2) is 11.6 Å². The third-order valence-electron chi connectivity index (χ3n) is 2.42. The third kappa shape index (κ3) is 2.26. The summed E-state index contributed by atoms with van der Waals surface area (Å²) in [7, 11) is 0. The van der Waals surface area contributed by atoms with Crippen molar-refractivity contribution >= 4 is 5.97 Å². The van der Waals surface area contributed by atoms with Gasteiger partial charge in [0.1, 0.15) is 0 Å². The summed E-state index contributed by atoms with van der Waals surface area (Å²) < 4.78 is 13.1. The number of aliphatic carboxylic acids is 1. The highest BCUT2D eigenvalue weighted by molar-refractivity contribution is 5.76. The summed E-state index contributed by atoms with van der Waals surface area (Å²) in [6, 6.07) is 2.34. The van der Waals surface area contributed by atoms with Gasteiger partial charge in [-0.1, -0.05) is 6.92 Å². The van der Waals surface area contributed by atoms with E-state index in [-0.39, 0.29) is 0 Å². The predicted molar refractivity (Wildman–Crippen MR) is 53.5 cm³/mol. The van der Waals surface area contributed by atoms with Crippen LogP contribution in [0, 0.1) is 12.7 Å². The first-order valence-electron chi connectivity index (χ1n) is 4.69. The van der Waals surface area contributed by atoms with Crippen molar-refractivity contribution in [2.24, 2.45) is 0 Å². The van der Waals surface area contributed by atoms with E-state index in [0.717, 1.165) is 6.07 Å². The Morgan fingerprint density at radius 1 is 1.53 bits per heavy atom. The lowest BCUT2D eigenvalue weighted by atomic mass is 9.92. The second-order valence-corrected chi connectivity index (χ2v) is 3.46. The van der Waals surface area contributed by atoms with Crippen LogP contribution in [0.2, 0.25) is 0 Å². The number of rotatable bonds is 3. The van der Waals surface area contributed by atoms with Crippen LogP contribution in [0.1, 0.15) is 30.4 Å². The quantitative estimate of drug-likeness (QED) is 0.808. The number of halogens is 1. The van der Waals surface area contributed by atoms with Gasteiger partial charge in [0.05, 0.1) is 5.92 Å². The van der Waals surface area contributed by atoms with Gasteiger partial charge in [-0.25, -0.2) is 4.39 Å². The van der Waals surface area contributed by atoms with Gasteiger partial charge in [-0.3, -0.25) is 4.79 Å². The lowest BCUT2D eigenvalue weighted by Gasteiger charge is -2.13. The lowest BCUT2D eigenvalue weighted by Crippen LogP contribution is -2.12. The lowest BCUT2D eigenvalue weighted by molar-refractivity contribution is -0.138. The number of carboxylic acids is 1. The molecular weight excluding hydrogens is 199 g/mol. The van der Waals surface area contributed by atoms with Crippen molar-refractivity contribution in [3.05, 3.63) is 29.1 Å². The summed E-state index contributed by atoms with van der Waals surface area (Å²) in [5.74, 6) is -2.93. The van der Waals surface area contributed by atoms with Crippen molar-refractivity contribution in [2.45, 2.75) is 26.2 Å². The van der Waals surface area contributed by atoms with Crippen molar-refractivity contribution in [1.29, 1.82) is 0 Å². The fraction of sp³-hybridized carbons (Fsp3) is 0.364. The first kappa shape index (κ1) is 11.5. The van der Waals surface area contributed by atoms with E-state index in [2.05, 4.69) is 0 Å². The minimum atomic E-state index is -0.981. The third-order valence-corrected chi connectivity index (χ3v) is 2.42. The van der Waals surface area contributed by atoms with Crippen LogP contribution in [0.25, 0.3) is 0 Å². The van der Waals surface area contributed by atoms with Gasteiger partial charge in [0.2, 0.25) is 0 Å². The minimum absolute atomic E-state index is 0.389. The van der Waals surface area contributed by atoms with Gasteiger partial charge in [0, 0.05) is 0 Å². The van der Waals surface area contributed by atoms with Crippen molar-refractivity contribution in [3.8, 4) is 5.75 Å². The van der Waals surface area contributed by atoms with Crippen molar-refractivity contribution < 1.29 is 19.4 Å². The standard InChI is InChI=1S/C11H13FO3/c1-3-7(11(14)15)8-5-9(12)10(13)4-6(8)2/h4-5,7,13H,3H2,1-2H3,(H,14,15). The van der Waals surface area contributed by atoms with Crippen LogP contribution in [0.4, 0.5) is 4.39 Å². The molecule has 1 aromatic rings. The van der Waals surface area contributed by atoms with E-state index in [1.165, 1.54) is 6.07 Å². The molecule has 0 amide bonds. The van der Waals surface area contributed by atoms with Crippen LogP contribution in [-0.4, -0.2) is 16.2 Å². The number of hydrogen-bond acceptors (Lipinski definition) is 2. The SMILES string of the molecule is CCC(C(=O)O)c1cc(F)c(O)cc1C. The monoisotopic (exact) mass is 212 g/mol. The van der Waals surface area contributed by atoms with E-state index in [9.17, 15) is 9.18 Å². The van der Waals surface area contributed by atoms with E-state index in [1.54, 1.807) is 13.8 Å². The average Bonchev–Trinajstić information content (AvgIpc) is 2.14. The highest BCUT2D eigenvalue weighted by atomic mass is 19.1.